The van der Waals surface area contributed by atoms with Crippen molar-refractivity contribution in [1.29, 1.82) is 0 Å². The molecule has 3 heterocycles. The fraction of sp³-hybridized carbons (Fsp3) is 0.545. The van der Waals surface area contributed by atoms with Crippen molar-refractivity contribution in [3.63, 3.8) is 0 Å². The van der Waals surface area contributed by atoms with Gasteiger partial charge in [0.1, 0.15) is 5.69 Å². The molecule has 2 aromatic rings. The van der Waals surface area contributed by atoms with Crippen LogP contribution in [0.3, 0.4) is 0 Å². The lowest BCUT2D eigenvalue weighted by molar-refractivity contribution is 0.0393. The molecule has 0 atom stereocenters. The fourth-order valence-corrected chi connectivity index (χ4v) is 6.16. The molecule has 144 valence electrons. The van der Waals surface area contributed by atoms with Crippen LogP contribution in [0.5, 0.6) is 0 Å². The predicted molar refractivity (Wildman–Crippen MR) is 110 cm³/mol. The average molecular weight is 384 g/mol. The number of nitrogens with zero attached hydrogens (tertiary/aromatic N) is 3. The number of hydrogen-bond donors (Lipinski definition) is 0. The minimum atomic E-state index is 0.0887. The van der Waals surface area contributed by atoms with Gasteiger partial charge in [-0.15, -0.1) is 11.3 Å². The number of hydrogen-bond acceptors (Lipinski definition) is 4. The first kappa shape index (κ1) is 18.6. The molecule has 0 bridgehead atoms. The van der Waals surface area contributed by atoms with Gasteiger partial charge in [-0.05, 0) is 82.8 Å². The topological polar surface area (TPSA) is 36.4 Å². The molecule has 1 spiro atoms. The number of rotatable bonds is 3. The van der Waals surface area contributed by atoms with Gasteiger partial charge in [0.2, 0.25) is 0 Å². The van der Waals surface area contributed by atoms with E-state index in [1.165, 1.54) is 35.4 Å². The van der Waals surface area contributed by atoms with Crippen LogP contribution in [0.2, 0.25) is 0 Å². The minimum Gasteiger partial charge on any atom is -0.337 e. The Hall–Kier alpha value is -1.72. The quantitative estimate of drug-likeness (QED) is 0.792. The lowest BCUT2D eigenvalue weighted by Gasteiger charge is -2.48. The Morgan fingerprint density at radius 3 is 2.48 bits per heavy atom. The van der Waals surface area contributed by atoms with Crippen LogP contribution < -0.4 is 0 Å². The molecule has 1 amide bonds. The summed E-state index contributed by atoms with van der Waals surface area (Å²) in [6, 6.07) is 10.1. The summed E-state index contributed by atoms with van der Waals surface area (Å²) in [5, 5.41) is 0. The summed E-state index contributed by atoms with van der Waals surface area (Å²) in [5.41, 5.74) is 1.01. The number of amides is 1. The number of aryl methyl sites for hydroxylation is 1. The van der Waals surface area contributed by atoms with Gasteiger partial charge in [0, 0.05) is 29.0 Å². The van der Waals surface area contributed by atoms with Gasteiger partial charge in [-0.3, -0.25) is 14.7 Å². The fourth-order valence-electron chi connectivity index (χ4n) is 4.96. The molecule has 0 aromatic carbocycles. The average Bonchev–Trinajstić information content (AvgIpc) is 3.30. The highest BCUT2D eigenvalue weighted by atomic mass is 32.1. The number of likely N-dealkylation sites (tertiary alicyclic amines) is 1. The Kier molecular flexibility index (Phi) is 4.85. The van der Waals surface area contributed by atoms with Gasteiger partial charge in [0.25, 0.3) is 5.91 Å². The molecule has 5 heteroatoms. The molecule has 4 rings (SSSR count). The third-order valence-electron chi connectivity index (χ3n) is 6.80. The van der Waals surface area contributed by atoms with Crippen molar-refractivity contribution in [1.82, 2.24) is 14.8 Å². The van der Waals surface area contributed by atoms with Crippen LogP contribution in [0.25, 0.3) is 0 Å². The highest BCUT2D eigenvalue weighted by Crippen LogP contribution is 2.52. The summed E-state index contributed by atoms with van der Waals surface area (Å²) in [6.07, 6.45) is 7.55. The Morgan fingerprint density at radius 1 is 1.11 bits per heavy atom. The van der Waals surface area contributed by atoms with Crippen LogP contribution >= 0.6 is 11.3 Å². The Balaban J connectivity index is 1.48. The first-order chi connectivity index (χ1) is 12.9. The largest absolute Gasteiger partial charge is 0.337 e. The normalized spacial score (nSPS) is 28.2. The van der Waals surface area contributed by atoms with Crippen LogP contribution in [0.4, 0.5) is 0 Å². The van der Waals surface area contributed by atoms with Crippen LogP contribution in [-0.2, 0) is 5.54 Å². The SMILES string of the molecule is Cc1ccc(C2(N(C)C)CCC3(CCN(C(=O)c4ccccn4)C3)CC2)s1. The zero-order valence-electron chi connectivity index (χ0n) is 16.6. The van der Waals surface area contributed by atoms with E-state index in [4.69, 9.17) is 0 Å². The molecule has 1 aliphatic heterocycles. The Morgan fingerprint density at radius 2 is 1.89 bits per heavy atom. The van der Waals surface area contributed by atoms with E-state index in [0.29, 0.717) is 5.69 Å². The summed E-state index contributed by atoms with van der Waals surface area (Å²) in [7, 11) is 4.44. The van der Waals surface area contributed by atoms with E-state index in [0.717, 1.165) is 19.5 Å². The maximum atomic E-state index is 12.8. The van der Waals surface area contributed by atoms with Crippen molar-refractivity contribution in [2.75, 3.05) is 27.2 Å². The molecule has 2 aromatic heterocycles. The Bertz CT molecular complexity index is 806. The van der Waals surface area contributed by atoms with E-state index in [-0.39, 0.29) is 16.9 Å². The second kappa shape index (κ2) is 7.02. The number of thiophene rings is 1. The van der Waals surface area contributed by atoms with Crippen molar-refractivity contribution in [3.8, 4) is 0 Å². The number of aromatic nitrogens is 1. The van der Waals surface area contributed by atoms with E-state index in [9.17, 15) is 4.79 Å². The zero-order valence-corrected chi connectivity index (χ0v) is 17.4. The molecular weight excluding hydrogens is 354 g/mol. The lowest BCUT2D eigenvalue weighted by atomic mass is 9.66. The molecule has 4 nitrogen and oxygen atoms in total. The molecule has 2 fully saturated rings. The molecule has 0 unspecified atom stereocenters. The van der Waals surface area contributed by atoms with Crippen molar-refractivity contribution in [3.05, 3.63) is 52.0 Å². The van der Waals surface area contributed by atoms with Crippen LogP contribution in [0.1, 0.15) is 52.3 Å². The van der Waals surface area contributed by atoms with Crippen molar-refractivity contribution >= 4 is 17.2 Å². The lowest BCUT2D eigenvalue weighted by Crippen LogP contribution is -2.47. The number of pyridine rings is 1. The van der Waals surface area contributed by atoms with Crippen molar-refractivity contribution in [2.24, 2.45) is 5.41 Å². The van der Waals surface area contributed by atoms with Gasteiger partial charge >= 0.3 is 0 Å². The van der Waals surface area contributed by atoms with Crippen LogP contribution in [0.15, 0.2) is 36.5 Å². The molecule has 0 radical (unpaired) electrons. The molecular formula is C22H29N3OS. The third kappa shape index (κ3) is 3.32. The van der Waals surface area contributed by atoms with Gasteiger partial charge in [-0.2, -0.15) is 0 Å². The van der Waals surface area contributed by atoms with E-state index in [2.05, 4.69) is 43.0 Å². The van der Waals surface area contributed by atoms with E-state index in [1.807, 2.05) is 34.4 Å². The first-order valence-corrected chi connectivity index (χ1v) is 10.7. The molecule has 1 aliphatic carbocycles. The molecule has 1 saturated carbocycles. The minimum absolute atomic E-state index is 0.0887. The van der Waals surface area contributed by atoms with Gasteiger partial charge in [-0.1, -0.05) is 6.07 Å². The maximum absolute atomic E-state index is 12.8. The molecule has 1 saturated heterocycles. The summed E-state index contributed by atoms with van der Waals surface area (Å²) in [4.78, 5) is 24.4. The maximum Gasteiger partial charge on any atom is 0.272 e. The van der Waals surface area contributed by atoms with Crippen molar-refractivity contribution in [2.45, 2.75) is 44.6 Å². The van der Waals surface area contributed by atoms with E-state index >= 15 is 0 Å². The highest BCUT2D eigenvalue weighted by molar-refractivity contribution is 7.12. The number of carbonyl (C=O) groups excluding carboxylic acids is 1. The molecule has 27 heavy (non-hydrogen) atoms. The monoisotopic (exact) mass is 383 g/mol. The molecule has 0 N–H and O–H groups in total. The predicted octanol–water partition coefficient (Wildman–Crippen LogP) is 4.31. The highest BCUT2D eigenvalue weighted by Gasteiger charge is 2.49. The summed E-state index contributed by atoms with van der Waals surface area (Å²) in [6.45, 7) is 3.94. The van der Waals surface area contributed by atoms with Crippen LogP contribution in [0, 0.1) is 12.3 Å². The second-order valence-corrected chi connectivity index (χ2v) is 9.82. The van der Waals surface area contributed by atoms with Gasteiger partial charge in [0.05, 0.1) is 5.54 Å². The third-order valence-corrected chi connectivity index (χ3v) is 8.00. The standard InChI is InChI=1S/C22H29N3OS/c1-17-7-8-19(27-17)22(24(2)3)11-9-21(10-12-22)13-15-25(16-21)20(26)18-6-4-5-14-23-18/h4-8,14H,9-13,15-16H2,1-3H3. The summed E-state index contributed by atoms with van der Waals surface area (Å²) in [5.74, 6) is 0.0887. The summed E-state index contributed by atoms with van der Waals surface area (Å²) < 4.78 is 0. The smallest absolute Gasteiger partial charge is 0.272 e. The second-order valence-electron chi connectivity index (χ2n) is 8.53. The molecule has 2 aliphatic rings. The summed E-state index contributed by atoms with van der Waals surface area (Å²) >= 11 is 1.94. The van der Waals surface area contributed by atoms with Gasteiger partial charge in [0.15, 0.2) is 0 Å². The van der Waals surface area contributed by atoms with Crippen LogP contribution in [-0.4, -0.2) is 47.9 Å². The Labute approximate surface area is 166 Å². The van der Waals surface area contributed by atoms with E-state index in [1.54, 1.807) is 6.20 Å². The zero-order chi connectivity index (χ0) is 19.1. The van der Waals surface area contributed by atoms with Gasteiger partial charge in [-0.25, -0.2) is 0 Å². The van der Waals surface area contributed by atoms with E-state index < -0.39 is 0 Å². The number of carbonyl (C=O) groups is 1. The van der Waals surface area contributed by atoms with Crippen molar-refractivity contribution < 1.29 is 4.79 Å². The first-order valence-electron chi connectivity index (χ1n) is 9.89. The van der Waals surface area contributed by atoms with Gasteiger partial charge < -0.3 is 4.90 Å².